The zero-order chi connectivity index (χ0) is 18.1. The minimum atomic E-state index is -0.514. The molecule has 24 heavy (non-hydrogen) atoms. The van der Waals surface area contributed by atoms with Crippen LogP contribution in [0.1, 0.15) is 66.8 Å². The third-order valence-electron chi connectivity index (χ3n) is 4.05. The van der Waals surface area contributed by atoms with Crippen LogP contribution in [0.3, 0.4) is 0 Å². The fraction of sp³-hybridized carbons (Fsp3) is 0.706. The fourth-order valence-corrected chi connectivity index (χ4v) is 3.80. The van der Waals surface area contributed by atoms with E-state index < -0.39 is 11.6 Å². The standard InChI is InChI=1S/C17H26N2O4S/c1-10-7-8-12(9-19(10)16(21)23-17(3,4)5)14-18-13(11(2)24-14)15(20)22-6/h10,12H,7-9H2,1-6H3/t10-,12-/m1/s1. The van der Waals surface area contributed by atoms with E-state index in [1.807, 2.05) is 34.6 Å². The number of carbonyl (C=O) groups excluding carboxylic acids is 2. The fourth-order valence-electron chi connectivity index (χ4n) is 2.76. The molecule has 0 N–H and O–H groups in total. The van der Waals surface area contributed by atoms with Gasteiger partial charge in [-0.15, -0.1) is 11.3 Å². The van der Waals surface area contributed by atoms with Crippen LogP contribution in [0.15, 0.2) is 0 Å². The number of nitrogens with zero attached hydrogens (tertiary/aromatic N) is 2. The van der Waals surface area contributed by atoms with E-state index in [1.54, 1.807) is 4.90 Å². The number of esters is 1. The molecule has 0 saturated carbocycles. The van der Waals surface area contributed by atoms with Gasteiger partial charge >= 0.3 is 12.1 Å². The van der Waals surface area contributed by atoms with Crippen molar-refractivity contribution in [3.05, 3.63) is 15.6 Å². The summed E-state index contributed by atoms with van der Waals surface area (Å²) in [4.78, 5) is 31.3. The molecule has 2 rings (SSSR count). The molecule has 1 aromatic heterocycles. The molecule has 1 aliphatic heterocycles. The molecule has 0 bridgehead atoms. The molecule has 2 heterocycles. The number of amides is 1. The molecule has 0 aromatic carbocycles. The number of rotatable bonds is 2. The number of thiazole rings is 1. The van der Waals surface area contributed by atoms with Gasteiger partial charge in [-0.1, -0.05) is 0 Å². The first-order valence-electron chi connectivity index (χ1n) is 8.17. The van der Waals surface area contributed by atoms with Crippen molar-refractivity contribution < 1.29 is 19.1 Å². The van der Waals surface area contributed by atoms with Crippen LogP contribution in [0.5, 0.6) is 0 Å². The van der Waals surface area contributed by atoms with E-state index in [0.29, 0.717) is 12.2 Å². The summed E-state index contributed by atoms with van der Waals surface area (Å²) in [5.74, 6) is -0.293. The average Bonchev–Trinajstić information content (AvgIpc) is 2.87. The van der Waals surface area contributed by atoms with Crippen molar-refractivity contribution in [3.8, 4) is 0 Å². The number of piperidine rings is 1. The summed E-state index contributed by atoms with van der Waals surface area (Å²) in [5, 5.41) is 0.883. The molecular formula is C17H26N2O4S. The Bertz CT molecular complexity index is 621. The first-order chi connectivity index (χ1) is 11.1. The van der Waals surface area contributed by atoms with Crippen molar-refractivity contribution in [2.24, 2.45) is 0 Å². The van der Waals surface area contributed by atoms with Crippen LogP contribution < -0.4 is 0 Å². The lowest BCUT2D eigenvalue weighted by Gasteiger charge is -2.38. The topological polar surface area (TPSA) is 68.7 Å². The van der Waals surface area contributed by atoms with Gasteiger partial charge in [0.15, 0.2) is 5.69 Å². The van der Waals surface area contributed by atoms with E-state index in [0.717, 1.165) is 22.7 Å². The van der Waals surface area contributed by atoms with Crippen LogP contribution in [-0.2, 0) is 9.47 Å². The van der Waals surface area contributed by atoms with Gasteiger partial charge in [0.05, 0.1) is 12.1 Å². The van der Waals surface area contributed by atoms with E-state index >= 15 is 0 Å². The summed E-state index contributed by atoms with van der Waals surface area (Å²) in [6.45, 7) is 10.1. The van der Waals surface area contributed by atoms with Gasteiger partial charge in [-0.3, -0.25) is 0 Å². The van der Waals surface area contributed by atoms with Gasteiger partial charge in [0.1, 0.15) is 5.60 Å². The maximum Gasteiger partial charge on any atom is 0.410 e. The van der Waals surface area contributed by atoms with Crippen molar-refractivity contribution in [1.82, 2.24) is 9.88 Å². The van der Waals surface area contributed by atoms with Crippen LogP contribution >= 0.6 is 11.3 Å². The normalized spacial score (nSPS) is 21.5. The van der Waals surface area contributed by atoms with Crippen molar-refractivity contribution in [3.63, 3.8) is 0 Å². The molecule has 0 radical (unpaired) electrons. The summed E-state index contributed by atoms with van der Waals surface area (Å²) < 4.78 is 10.3. The number of ether oxygens (including phenoxy) is 2. The molecule has 0 aliphatic carbocycles. The van der Waals surface area contributed by atoms with Crippen LogP contribution in [0.4, 0.5) is 4.79 Å². The molecule has 1 fully saturated rings. The Labute approximate surface area is 147 Å². The van der Waals surface area contributed by atoms with E-state index in [-0.39, 0.29) is 18.1 Å². The van der Waals surface area contributed by atoms with Gasteiger partial charge in [-0.25, -0.2) is 14.6 Å². The van der Waals surface area contributed by atoms with Crippen molar-refractivity contribution in [1.29, 1.82) is 0 Å². The molecule has 134 valence electrons. The monoisotopic (exact) mass is 354 g/mol. The van der Waals surface area contributed by atoms with Crippen LogP contribution in [0.25, 0.3) is 0 Å². The SMILES string of the molecule is COC(=O)c1nc([C@@H]2CC[C@@H](C)N(C(=O)OC(C)(C)C)C2)sc1C. The number of methoxy groups -OCH3 is 1. The molecule has 1 amide bonds. The Morgan fingerprint density at radius 1 is 1.29 bits per heavy atom. The highest BCUT2D eigenvalue weighted by Crippen LogP contribution is 2.34. The number of aromatic nitrogens is 1. The number of aryl methyl sites for hydroxylation is 1. The minimum absolute atomic E-state index is 0.121. The van der Waals surface area contributed by atoms with E-state index in [4.69, 9.17) is 9.47 Å². The number of hydrogen-bond donors (Lipinski definition) is 0. The molecule has 7 heteroatoms. The lowest BCUT2D eigenvalue weighted by molar-refractivity contribution is 0.00964. The second-order valence-electron chi connectivity index (χ2n) is 7.20. The van der Waals surface area contributed by atoms with Gasteiger partial charge in [0.2, 0.25) is 0 Å². The Morgan fingerprint density at radius 2 is 1.96 bits per heavy atom. The van der Waals surface area contributed by atoms with Crippen molar-refractivity contribution in [2.75, 3.05) is 13.7 Å². The summed E-state index contributed by atoms with van der Waals surface area (Å²) in [6.07, 6.45) is 1.53. The van der Waals surface area contributed by atoms with E-state index in [1.165, 1.54) is 18.4 Å². The van der Waals surface area contributed by atoms with E-state index in [2.05, 4.69) is 4.98 Å². The molecule has 2 atom stereocenters. The quantitative estimate of drug-likeness (QED) is 0.757. The third-order valence-corrected chi connectivity index (χ3v) is 5.18. The molecule has 0 spiro atoms. The lowest BCUT2D eigenvalue weighted by Crippen LogP contribution is -2.47. The molecule has 1 aromatic rings. The number of likely N-dealkylation sites (tertiary alicyclic amines) is 1. The average molecular weight is 354 g/mol. The molecule has 0 unspecified atom stereocenters. The summed E-state index contributed by atoms with van der Waals surface area (Å²) in [6, 6.07) is 0.136. The van der Waals surface area contributed by atoms with Gasteiger partial charge in [0.25, 0.3) is 0 Å². The second-order valence-corrected chi connectivity index (χ2v) is 8.44. The minimum Gasteiger partial charge on any atom is -0.464 e. The second kappa shape index (κ2) is 7.09. The van der Waals surface area contributed by atoms with Crippen molar-refractivity contribution >= 4 is 23.4 Å². The highest BCUT2D eigenvalue weighted by Gasteiger charge is 2.34. The van der Waals surface area contributed by atoms with E-state index in [9.17, 15) is 9.59 Å². The summed E-state index contributed by atoms with van der Waals surface area (Å²) >= 11 is 1.50. The Hall–Kier alpha value is -1.63. The highest BCUT2D eigenvalue weighted by molar-refractivity contribution is 7.12. The molecular weight excluding hydrogens is 328 g/mol. The van der Waals surface area contributed by atoms with Crippen LogP contribution in [0.2, 0.25) is 0 Å². The van der Waals surface area contributed by atoms with Gasteiger partial charge in [0, 0.05) is 23.4 Å². The molecule has 1 aliphatic rings. The summed E-state index contributed by atoms with van der Waals surface area (Å²) in [5.41, 5.74) is -0.139. The van der Waals surface area contributed by atoms with Gasteiger partial charge in [-0.2, -0.15) is 0 Å². The number of hydrogen-bond acceptors (Lipinski definition) is 6. The Kier molecular flexibility index (Phi) is 5.52. The zero-order valence-electron chi connectivity index (χ0n) is 15.2. The predicted molar refractivity (Wildman–Crippen MR) is 92.6 cm³/mol. The highest BCUT2D eigenvalue weighted by atomic mass is 32.1. The van der Waals surface area contributed by atoms with Crippen molar-refractivity contribution in [2.45, 2.75) is 65.0 Å². The Balaban J connectivity index is 2.15. The van der Waals surface area contributed by atoms with Gasteiger partial charge in [-0.05, 0) is 47.5 Å². The van der Waals surface area contributed by atoms with Crippen LogP contribution in [-0.4, -0.2) is 47.2 Å². The summed E-state index contributed by atoms with van der Waals surface area (Å²) in [7, 11) is 1.35. The first kappa shape index (κ1) is 18.7. The molecule has 1 saturated heterocycles. The third kappa shape index (κ3) is 4.26. The first-order valence-corrected chi connectivity index (χ1v) is 8.99. The zero-order valence-corrected chi connectivity index (χ0v) is 16.0. The largest absolute Gasteiger partial charge is 0.464 e. The maximum absolute atomic E-state index is 12.4. The molecule has 6 nitrogen and oxygen atoms in total. The Morgan fingerprint density at radius 3 is 2.54 bits per heavy atom. The lowest BCUT2D eigenvalue weighted by atomic mass is 9.94. The maximum atomic E-state index is 12.4. The number of carbonyl (C=O) groups is 2. The predicted octanol–water partition coefficient (Wildman–Crippen LogP) is 3.74. The van der Waals surface area contributed by atoms with Crippen LogP contribution in [0, 0.1) is 6.92 Å². The van der Waals surface area contributed by atoms with Gasteiger partial charge < -0.3 is 14.4 Å². The smallest absolute Gasteiger partial charge is 0.410 e.